The van der Waals surface area contributed by atoms with E-state index in [1.807, 2.05) is 0 Å². The van der Waals surface area contributed by atoms with Crippen molar-refractivity contribution < 1.29 is 4.79 Å². The highest BCUT2D eigenvalue weighted by Gasteiger charge is 2.55. The number of likely N-dealkylation sites (tertiary alicyclic amines) is 1. The molecule has 0 aromatic heterocycles. The average molecular weight is 340 g/mol. The first-order valence-corrected chi connectivity index (χ1v) is 11.2. The molecule has 124 valence electrons. The van der Waals surface area contributed by atoms with Crippen LogP contribution in [0.25, 0.3) is 0 Å². The van der Waals surface area contributed by atoms with Crippen LogP contribution in [0.3, 0.4) is 0 Å². The Kier molecular flexibility index (Phi) is 4.44. The van der Waals surface area contributed by atoms with Gasteiger partial charge in [-0.05, 0) is 56.3 Å². The molecule has 1 spiro atoms. The van der Waals surface area contributed by atoms with Crippen molar-refractivity contribution in [1.82, 2.24) is 4.90 Å². The molecular weight excluding hydrogens is 310 g/mol. The minimum absolute atomic E-state index is 0.341. The van der Waals surface area contributed by atoms with Crippen molar-refractivity contribution in [2.45, 2.75) is 55.9 Å². The maximum absolute atomic E-state index is 13.0. The van der Waals surface area contributed by atoms with E-state index in [2.05, 4.69) is 35.3 Å². The summed E-state index contributed by atoms with van der Waals surface area (Å²) in [7, 11) is 0. The standard InChI is InChI=1S/C18H29NOS2/c1-13-4-3-7-19(12-13)17(20)14-10-15-5-2-6-16(11-14)18(15)21-8-9-22-18/h13-16H,2-12H2,1H3. The van der Waals surface area contributed by atoms with Gasteiger partial charge in [0.25, 0.3) is 0 Å². The monoisotopic (exact) mass is 339 g/mol. The molecule has 0 N–H and O–H groups in total. The van der Waals surface area contributed by atoms with Crippen LogP contribution in [0.5, 0.6) is 0 Å². The van der Waals surface area contributed by atoms with E-state index in [1.165, 1.54) is 56.5 Å². The van der Waals surface area contributed by atoms with Gasteiger partial charge < -0.3 is 4.90 Å². The van der Waals surface area contributed by atoms with Gasteiger partial charge in [-0.15, -0.1) is 23.5 Å². The van der Waals surface area contributed by atoms with Crippen molar-refractivity contribution in [3.63, 3.8) is 0 Å². The van der Waals surface area contributed by atoms with Crippen LogP contribution < -0.4 is 0 Å². The molecule has 3 unspecified atom stereocenters. The topological polar surface area (TPSA) is 20.3 Å². The van der Waals surface area contributed by atoms with Gasteiger partial charge in [0.2, 0.25) is 5.91 Å². The van der Waals surface area contributed by atoms with E-state index < -0.39 is 0 Å². The fourth-order valence-electron chi connectivity index (χ4n) is 5.46. The molecule has 0 aromatic rings. The molecule has 2 aliphatic heterocycles. The quantitative estimate of drug-likeness (QED) is 0.712. The van der Waals surface area contributed by atoms with Gasteiger partial charge in [-0.3, -0.25) is 4.79 Å². The molecule has 2 saturated heterocycles. The summed E-state index contributed by atoms with van der Waals surface area (Å²) in [6.45, 7) is 4.33. The average Bonchev–Trinajstić information content (AvgIpc) is 2.96. The number of hydrogen-bond donors (Lipinski definition) is 0. The molecule has 22 heavy (non-hydrogen) atoms. The first kappa shape index (κ1) is 15.7. The van der Waals surface area contributed by atoms with Crippen LogP contribution in [0, 0.1) is 23.7 Å². The second-order valence-corrected chi connectivity index (χ2v) is 10.9. The maximum Gasteiger partial charge on any atom is 0.225 e. The summed E-state index contributed by atoms with van der Waals surface area (Å²) in [6.07, 6.45) is 9.02. The molecule has 2 aliphatic carbocycles. The zero-order chi connectivity index (χ0) is 15.2. The van der Waals surface area contributed by atoms with E-state index in [1.54, 1.807) is 0 Å². The van der Waals surface area contributed by atoms with Gasteiger partial charge in [0, 0.05) is 30.5 Å². The second kappa shape index (κ2) is 6.23. The van der Waals surface area contributed by atoms with E-state index in [9.17, 15) is 4.79 Å². The number of amides is 1. The molecule has 3 atom stereocenters. The third-order valence-corrected chi connectivity index (χ3v) is 10.5. The van der Waals surface area contributed by atoms with Gasteiger partial charge in [-0.1, -0.05) is 13.3 Å². The smallest absolute Gasteiger partial charge is 0.225 e. The number of nitrogens with zero attached hydrogens (tertiary/aromatic N) is 1. The Hall–Kier alpha value is 0.170. The van der Waals surface area contributed by atoms with Crippen molar-refractivity contribution in [3.05, 3.63) is 0 Å². The SMILES string of the molecule is CC1CCCN(C(=O)C2CC3CCCC(C2)C32SCCS2)C1. The highest BCUT2D eigenvalue weighted by Crippen LogP contribution is 2.64. The van der Waals surface area contributed by atoms with Gasteiger partial charge in [0.05, 0.1) is 4.08 Å². The number of carbonyl (C=O) groups is 1. The Morgan fingerprint density at radius 3 is 2.36 bits per heavy atom. The lowest BCUT2D eigenvalue weighted by molar-refractivity contribution is -0.140. The van der Waals surface area contributed by atoms with Crippen LogP contribution >= 0.6 is 23.5 Å². The predicted molar refractivity (Wildman–Crippen MR) is 96.2 cm³/mol. The summed E-state index contributed by atoms with van der Waals surface area (Å²) in [5.41, 5.74) is 0. The van der Waals surface area contributed by atoms with Gasteiger partial charge in [-0.2, -0.15) is 0 Å². The number of piperidine rings is 1. The maximum atomic E-state index is 13.0. The van der Waals surface area contributed by atoms with Crippen molar-refractivity contribution >= 4 is 29.4 Å². The fourth-order valence-corrected chi connectivity index (χ4v) is 9.40. The van der Waals surface area contributed by atoms with Gasteiger partial charge in [0.1, 0.15) is 0 Å². The number of rotatable bonds is 1. The van der Waals surface area contributed by atoms with Crippen LogP contribution in [0.2, 0.25) is 0 Å². The molecule has 4 heteroatoms. The van der Waals surface area contributed by atoms with Gasteiger partial charge in [-0.25, -0.2) is 0 Å². The Bertz CT molecular complexity index is 419. The van der Waals surface area contributed by atoms with Crippen LogP contribution in [0.1, 0.15) is 51.9 Å². The molecule has 2 heterocycles. The number of carbonyl (C=O) groups excluding carboxylic acids is 1. The summed E-state index contributed by atoms with van der Waals surface area (Å²) < 4.78 is 0.504. The molecule has 2 nitrogen and oxygen atoms in total. The molecule has 2 saturated carbocycles. The Labute approximate surface area is 143 Å². The molecule has 1 amide bonds. The second-order valence-electron chi connectivity index (χ2n) is 7.94. The normalized spacial score (nSPS) is 40.9. The highest BCUT2D eigenvalue weighted by atomic mass is 32.2. The van der Waals surface area contributed by atoms with Crippen molar-refractivity contribution in [2.24, 2.45) is 23.7 Å². The summed E-state index contributed by atoms with van der Waals surface area (Å²) in [5.74, 6) is 5.81. The van der Waals surface area contributed by atoms with E-state index in [0.29, 0.717) is 21.8 Å². The molecule has 4 fully saturated rings. The van der Waals surface area contributed by atoms with E-state index in [0.717, 1.165) is 24.9 Å². The van der Waals surface area contributed by atoms with Crippen molar-refractivity contribution in [1.29, 1.82) is 0 Å². The van der Waals surface area contributed by atoms with E-state index in [4.69, 9.17) is 0 Å². The molecular formula is C18H29NOS2. The number of thioether (sulfide) groups is 2. The Morgan fingerprint density at radius 1 is 1.05 bits per heavy atom. The van der Waals surface area contributed by atoms with Gasteiger partial charge >= 0.3 is 0 Å². The predicted octanol–water partition coefficient (Wildman–Crippen LogP) is 4.25. The lowest BCUT2D eigenvalue weighted by Gasteiger charge is -2.52. The Balaban J connectivity index is 1.48. The van der Waals surface area contributed by atoms with E-state index in [-0.39, 0.29) is 0 Å². The Morgan fingerprint density at radius 2 is 1.73 bits per heavy atom. The summed E-state index contributed by atoms with van der Waals surface area (Å²) in [4.78, 5) is 15.3. The molecule has 0 radical (unpaired) electrons. The highest BCUT2D eigenvalue weighted by molar-refractivity contribution is 8.21. The van der Waals surface area contributed by atoms with E-state index >= 15 is 0 Å². The minimum atomic E-state index is 0.341. The molecule has 4 aliphatic rings. The number of hydrogen-bond acceptors (Lipinski definition) is 3. The van der Waals surface area contributed by atoms with Crippen molar-refractivity contribution in [3.8, 4) is 0 Å². The molecule has 4 rings (SSSR count). The minimum Gasteiger partial charge on any atom is -0.342 e. The summed E-state index contributed by atoms with van der Waals surface area (Å²) >= 11 is 4.49. The van der Waals surface area contributed by atoms with Crippen LogP contribution in [-0.2, 0) is 4.79 Å². The summed E-state index contributed by atoms with van der Waals surface area (Å²) in [6, 6.07) is 0. The van der Waals surface area contributed by atoms with Gasteiger partial charge in [0.15, 0.2) is 0 Å². The van der Waals surface area contributed by atoms with Crippen molar-refractivity contribution in [2.75, 3.05) is 24.6 Å². The molecule has 2 bridgehead atoms. The van der Waals surface area contributed by atoms with Crippen LogP contribution in [0.4, 0.5) is 0 Å². The first-order chi connectivity index (χ1) is 10.7. The first-order valence-electron chi connectivity index (χ1n) is 9.26. The lowest BCUT2D eigenvalue weighted by atomic mass is 9.66. The lowest BCUT2D eigenvalue weighted by Crippen LogP contribution is -2.51. The summed E-state index contributed by atoms with van der Waals surface area (Å²) in [5, 5.41) is 0. The fraction of sp³-hybridized carbons (Fsp3) is 0.944. The molecule has 0 aromatic carbocycles. The van der Waals surface area contributed by atoms with Crippen LogP contribution in [0.15, 0.2) is 0 Å². The zero-order valence-corrected chi connectivity index (χ0v) is 15.4. The third-order valence-electron chi connectivity index (χ3n) is 6.44. The zero-order valence-electron chi connectivity index (χ0n) is 13.8. The van der Waals surface area contributed by atoms with Crippen LogP contribution in [-0.4, -0.2) is 39.5 Å². The third kappa shape index (κ3) is 2.62. The largest absolute Gasteiger partial charge is 0.342 e.